The molecule has 0 aromatic heterocycles. The molecule has 0 saturated carbocycles. The van der Waals surface area contributed by atoms with Gasteiger partial charge in [0.2, 0.25) is 0 Å². The SMILES string of the molecule is CCN(CC)C(=O)c1ccc(Cl)c([N+](=O)[O-])c1. The van der Waals surface area contributed by atoms with Crippen molar-refractivity contribution in [2.24, 2.45) is 0 Å². The van der Waals surface area contributed by atoms with E-state index in [1.54, 1.807) is 4.90 Å². The lowest BCUT2D eigenvalue weighted by Crippen LogP contribution is -2.30. The first-order valence-electron chi connectivity index (χ1n) is 5.24. The van der Waals surface area contributed by atoms with Crippen LogP contribution in [0, 0.1) is 10.1 Å². The average Bonchev–Trinajstić information content (AvgIpc) is 2.30. The van der Waals surface area contributed by atoms with Gasteiger partial charge in [-0.1, -0.05) is 11.6 Å². The summed E-state index contributed by atoms with van der Waals surface area (Å²) in [6, 6.07) is 4.08. The summed E-state index contributed by atoms with van der Waals surface area (Å²) in [4.78, 5) is 23.6. The van der Waals surface area contributed by atoms with Crippen LogP contribution in [0.15, 0.2) is 18.2 Å². The zero-order valence-electron chi connectivity index (χ0n) is 9.64. The van der Waals surface area contributed by atoms with E-state index in [4.69, 9.17) is 11.6 Å². The van der Waals surface area contributed by atoms with E-state index in [9.17, 15) is 14.9 Å². The van der Waals surface area contributed by atoms with Crippen molar-refractivity contribution < 1.29 is 9.72 Å². The number of rotatable bonds is 4. The Hall–Kier alpha value is -1.62. The third-order valence-corrected chi connectivity index (χ3v) is 2.76. The van der Waals surface area contributed by atoms with Crippen molar-refractivity contribution in [2.45, 2.75) is 13.8 Å². The molecule has 1 aromatic rings. The van der Waals surface area contributed by atoms with Crippen molar-refractivity contribution in [1.82, 2.24) is 4.90 Å². The Morgan fingerprint density at radius 2 is 2.00 bits per heavy atom. The van der Waals surface area contributed by atoms with Crippen molar-refractivity contribution in [1.29, 1.82) is 0 Å². The fourth-order valence-corrected chi connectivity index (χ4v) is 1.67. The van der Waals surface area contributed by atoms with Gasteiger partial charge in [0, 0.05) is 24.7 Å². The summed E-state index contributed by atoms with van der Waals surface area (Å²) in [5.74, 6) is -0.227. The molecule has 92 valence electrons. The molecule has 0 aliphatic rings. The molecule has 0 bridgehead atoms. The molecule has 0 aliphatic heterocycles. The summed E-state index contributed by atoms with van der Waals surface area (Å²) >= 11 is 5.68. The highest BCUT2D eigenvalue weighted by Crippen LogP contribution is 2.25. The lowest BCUT2D eigenvalue weighted by Gasteiger charge is -2.18. The number of carbonyl (C=O) groups is 1. The first-order chi connectivity index (χ1) is 8.01. The first kappa shape index (κ1) is 13.4. The van der Waals surface area contributed by atoms with E-state index in [0.29, 0.717) is 13.1 Å². The van der Waals surface area contributed by atoms with Gasteiger partial charge in [-0.25, -0.2) is 0 Å². The molecule has 0 aliphatic carbocycles. The van der Waals surface area contributed by atoms with Crippen LogP contribution in [-0.4, -0.2) is 28.8 Å². The molecular formula is C11H13ClN2O3. The Balaban J connectivity index is 3.11. The van der Waals surface area contributed by atoms with Crippen LogP contribution in [0.1, 0.15) is 24.2 Å². The van der Waals surface area contributed by atoms with Crippen molar-refractivity contribution >= 4 is 23.2 Å². The van der Waals surface area contributed by atoms with Crippen LogP contribution in [-0.2, 0) is 0 Å². The van der Waals surface area contributed by atoms with E-state index in [0.717, 1.165) is 0 Å². The highest BCUT2D eigenvalue weighted by Gasteiger charge is 2.18. The highest BCUT2D eigenvalue weighted by atomic mass is 35.5. The molecule has 0 N–H and O–H groups in total. The van der Waals surface area contributed by atoms with E-state index in [1.807, 2.05) is 13.8 Å². The van der Waals surface area contributed by atoms with E-state index < -0.39 is 4.92 Å². The van der Waals surface area contributed by atoms with Crippen molar-refractivity contribution in [3.63, 3.8) is 0 Å². The van der Waals surface area contributed by atoms with Gasteiger partial charge in [-0.3, -0.25) is 14.9 Å². The number of benzene rings is 1. The third-order valence-electron chi connectivity index (χ3n) is 2.44. The molecule has 0 unspecified atom stereocenters. The fraction of sp³-hybridized carbons (Fsp3) is 0.364. The van der Waals surface area contributed by atoms with Crippen molar-refractivity contribution in [3.8, 4) is 0 Å². The topological polar surface area (TPSA) is 63.5 Å². The van der Waals surface area contributed by atoms with Crippen LogP contribution in [0.4, 0.5) is 5.69 Å². The summed E-state index contributed by atoms with van der Waals surface area (Å²) in [6.45, 7) is 4.83. The standard InChI is InChI=1S/C11H13ClN2O3/c1-3-13(4-2)11(15)8-5-6-9(12)10(7-8)14(16)17/h5-7H,3-4H2,1-2H3. The summed E-state index contributed by atoms with van der Waals surface area (Å²) in [6.07, 6.45) is 0. The molecule has 5 nitrogen and oxygen atoms in total. The Kier molecular flexibility index (Phi) is 4.45. The van der Waals surface area contributed by atoms with Crippen molar-refractivity contribution in [2.75, 3.05) is 13.1 Å². The van der Waals surface area contributed by atoms with Gasteiger partial charge in [0.05, 0.1) is 4.92 Å². The monoisotopic (exact) mass is 256 g/mol. The lowest BCUT2D eigenvalue weighted by atomic mass is 10.1. The third kappa shape index (κ3) is 2.94. The minimum absolute atomic E-state index is 0.0334. The van der Waals surface area contributed by atoms with Crippen LogP contribution in [0.2, 0.25) is 5.02 Å². The van der Waals surface area contributed by atoms with Gasteiger partial charge >= 0.3 is 0 Å². The summed E-state index contributed by atoms with van der Waals surface area (Å²) in [5, 5.41) is 10.7. The second-order valence-corrected chi connectivity index (χ2v) is 3.81. The predicted octanol–water partition coefficient (Wildman–Crippen LogP) is 2.73. The largest absolute Gasteiger partial charge is 0.339 e. The molecule has 1 rings (SSSR count). The number of nitrogens with zero attached hydrogens (tertiary/aromatic N) is 2. The molecule has 17 heavy (non-hydrogen) atoms. The van der Waals surface area contributed by atoms with Gasteiger partial charge in [-0.2, -0.15) is 0 Å². The maximum absolute atomic E-state index is 12.0. The highest BCUT2D eigenvalue weighted by molar-refractivity contribution is 6.32. The number of nitro groups is 1. The van der Waals surface area contributed by atoms with Gasteiger partial charge in [-0.05, 0) is 26.0 Å². The minimum atomic E-state index is -0.596. The molecule has 1 aromatic carbocycles. The maximum Gasteiger partial charge on any atom is 0.288 e. The van der Waals surface area contributed by atoms with E-state index in [-0.39, 0.29) is 22.2 Å². The zero-order chi connectivity index (χ0) is 13.0. The second kappa shape index (κ2) is 5.63. The number of halogens is 1. The van der Waals surface area contributed by atoms with Crippen LogP contribution in [0.3, 0.4) is 0 Å². The fourth-order valence-electron chi connectivity index (χ4n) is 1.48. The van der Waals surface area contributed by atoms with Gasteiger partial charge in [0.1, 0.15) is 5.02 Å². The van der Waals surface area contributed by atoms with Gasteiger partial charge in [0.15, 0.2) is 0 Å². The first-order valence-corrected chi connectivity index (χ1v) is 5.62. The average molecular weight is 257 g/mol. The van der Waals surface area contributed by atoms with E-state index >= 15 is 0 Å². The lowest BCUT2D eigenvalue weighted by molar-refractivity contribution is -0.384. The van der Waals surface area contributed by atoms with Crippen LogP contribution < -0.4 is 0 Å². The second-order valence-electron chi connectivity index (χ2n) is 3.40. The maximum atomic E-state index is 12.0. The van der Waals surface area contributed by atoms with Gasteiger partial charge in [0.25, 0.3) is 11.6 Å². The molecule has 0 fully saturated rings. The van der Waals surface area contributed by atoms with Gasteiger partial charge < -0.3 is 4.90 Å². The Morgan fingerprint density at radius 1 is 1.41 bits per heavy atom. The smallest absolute Gasteiger partial charge is 0.288 e. The van der Waals surface area contributed by atoms with Gasteiger partial charge in [-0.15, -0.1) is 0 Å². The quantitative estimate of drug-likeness (QED) is 0.615. The molecule has 0 heterocycles. The number of nitro benzene ring substituents is 1. The summed E-state index contributed by atoms with van der Waals surface area (Å²) in [5.41, 5.74) is 0.0365. The Morgan fingerprint density at radius 3 is 2.47 bits per heavy atom. The number of hydrogen-bond acceptors (Lipinski definition) is 3. The van der Waals surface area contributed by atoms with Crippen LogP contribution >= 0.6 is 11.6 Å². The molecule has 0 spiro atoms. The zero-order valence-corrected chi connectivity index (χ0v) is 10.4. The number of amides is 1. The molecule has 6 heteroatoms. The predicted molar refractivity (Wildman–Crippen MR) is 65.4 cm³/mol. The molecule has 0 atom stereocenters. The van der Waals surface area contributed by atoms with E-state index in [1.165, 1.54) is 18.2 Å². The van der Waals surface area contributed by atoms with Crippen LogP contribution in [0.25, 0.3) is 0 Å². The van der Waals surface area contributed by atoms with Crippen LogP contribution in [0.5, 0.6) is 0 Å². The molecular weight excluding hydrogens is 244 g/mol. The molecule has 0 saturated heterocycles. The molecule has 0 radical (unpaired) electrons. The summed E-state index contributed by atoms with van der Waals surface area (Å²) < 4.78 is 0. The Bertz CT molecular complexity index is 444. The summed E-state index contributed by atoms with van der Waals surface area (Å²) in [7, 11) is 0. The normalized spacial score (nSPS) is 10.1. The number of hydrogen-bond donors (Lipinski definition) is 0. The van der Waals surface area contributed by atoms with Crippen molar-refractivity contribution in [3.05, 3.63) is 38.9 Å². The van der Waals surface area contributed by atoms with E-state index in [2.05, 4.69) is 0 Å². The Labute approximate surface area is 104 Å². The number of carbonyl (C=O) groups excluding carboxylic acids is 1. The molecule has 1 amide bonds. The minimum Gasteiger partial charge on any atom is -0.339 e.